The molecule has 1 aliphatic rings. The largest absolute Gasteiger partial charge is 0.467 e. The number of anilines is 2. The van der Waals surface area contributed by atoms with Crippen LogP contribution in [0.4, 0.5) is 15.8 Å². The number of aryl methyl sites for hydroxylation is 1. The monoisotopic (exact) mass is 274 g/mol. The van der Waals surface area contributed by atoms with E-state index >= 15 is 0 Å². The third-order valence-corrected chi connectivity index (χ3v) is 3.82. The van der Waals surface area contributed by atoms with Gasteiger partial charge in [-0.15, -0.1) is 0 Å². The van der Waals surface area contributed by atoms with E-state index in [9.17, 15) is 4.39 Å². The van der Waals surface area contributed by atoms with Crippen LogP contribution in [-0.4, -0.2) is 13.1 Å². The maximum atomic E-state index is 14.1. The molecular weight excluding hydrogens is 255 g/mol. The second-order valence-corrected chi connectivity index (χ2v) is 5.24. The first kappa shape index (κ1) is 13.0. The van der Waals surface area contributed by atoms with Crippen molar-refractivity contribution < 1.29 is 8.81 Å². The smallest absolute Gasteiger partial charge is 0.148 e. The van der Waals surface area contributed by atoms with E-state index in [0.29, 0.717) is 12.2 Å². The van der Waals surface area contributed by atoms with Crippen molar-refractivity contribution in [1.82, 2.24) is 0 Å². The van der Waals surface area contributed by atoms with Gasteiger partial charge in [0.05, 0.1) is 18.5 Å². The zero-order chi connectivity index (χ0) is 13.9. The lowest BCUT2D eigenvalue weighted by Crippen LogP contribution is -2.18. The van der Waals surface area contributed by atoms with Gasteiger partial charge in [0.25, 0.3) is 0 Å². The van der Waals surface area contributed by atoms with Gasteiger partial charge in [0.1, 0.15) is 11.6 Å². The Bertz CT molecular complexity index is 588. The summed E-state index contributed by atoms with van der Waals surface area (Å²) in [6, 6.07) is 7.27. The molecule has 4 heteroatoms. The molecule has 0 spiro atoms. The summed E-state index contributed by atoms with van der Waals surface area (Å²) >= 11 is 0. The Morgan fingerprint density at radius 3 is 2.70 bits per heavy atom. The normalized spacial score (nSPS) is 14.8. The van der Waals surface area contributed by atoms with Gasteiger partial charge in [-0.1, -0.05) is 0 Å². The highest BCUT2D eigenvalue weighted by Crippen LogP contribution is 2.26. The molecule has 1 saturated heterocycles. The van der Waals surface area contributed by atoms with E-state index in [0.717, 1.165) is 42.9 Å². The molecule has 0 radical (unpaired) electrons. The topological polar surface area (TPSA) is 28.4 Å². The Labute approximate surface area is 118 Å². The first-order valence-electron chi connectivity index (χ1n) is 7.05. The van der Waals surface area contributed by atoms with E-state index in [4.69, 9.17) is 4.42 Å². The van der Waals surface area contributed by atoms with Crippen LogP contribution in [0.5, 0.6) is 0 Å². The van der Waals surface area contributed by atoms with Crippen molar-refractivity contribution in [3.8, 4) is 0 Å². The number of nitrogens with zero attached hydrogens (tertiary/aromatic N) is 1. The van der Waals surface area contributed by atoms with Crippen LogP contribution in [0.15, 0.2) is 34.9 Å². The third kappa shape index (κ3) is 2.64. The maximum absolute atomic E-state index is 14.1. The second-order valence-electron chi connectivity index (χ2n) is 5.24. The van der Waals surface area contributed by atoms with Gasteiger partial charge in [0.2, 0.25) is 0 Å². The SMILES string of the molecule is Cc1ccoc1CNc1ccc(N2CCCC2)c(F)c1. The minimum Gasteiger partial charge on any atom is -0.467 e. The molecule has 0 amide bonds. The Morgan fingerprint density at radius 1 is 1.25 bits per heavy atom. The molecule has 2 heterocycles. The van der Waals surface area contributed by atoms with Gasteiger partial charge in [-0.25, -0.2) is 4.39 Å². The Balaban J connectivity index is 1.69. The minimum absolute atomic E-state index is 0.159. The highest BCUT2D eigenvalue weighted by Gasteiger charge is 2.16. The van der Waals surface area contributed by atoms with Gasteiger partial charge >= 0.3 is 0 Å². The van der Waals surface area contributed by atoms with Crippen molar-refractivity contribution in [3.05, 3.63) is 47.7 Å². The lowest BCUT2D eigenvalue weighted by molar-refractivity contribution is 0.515. The molecule has 0 aliphatic carbocycles. The summed E-state index contributed by atoms with van der Waals surface area (Å²) in [5.74, 6) is 0.724. The van der Waals surface area contributed by atoms with Crippen LogP contribution in [0.3, 0.4) is 0 Å². The molecule has 0 bridgehead atoms. The van der Waals surface area contributed by atoms with E-state index in [1.165, 1.54) is 0 Å². The van der Waals surface area contributed by atoms with E-state index in [1.54, 1.807) is 12.3 Å². The Morgan fingerprint density at radius 2 is 2.05 bits per heavy atom. The second kappa shape index (κ2) is 5.57. The van der Waals surface area contributed by atoms with Crippen LogP contribution < -0.4 is 10.2 Å². The fourth-order valence-corrected chi connectivity index (χ4v) is 2.60. The molecule has 3 nitrogen and oxygen atoms in total. The average molecular weight is 274 g/mol. The molecule has 1 aromatic carbocycles. The number of benzene rings is 1. The van der Waals surface area contributed by atoms with Gasteiger partial charge in [-0.2, -0.15) is 0 Å². The van der Waals surface area contributed by atoms with E-state index in [-0.39, 0.29) is 5.82 Å². The van der Waals surface area contributed by atoms with E-state index in [1.807, 2.05) is 25.1 Å². The third-order valence-electron chi connectivity index (χ3n) is 3.82. The summed E-state index contributed by atoms with van der Waals surface area (Å²) in [6.07, 6.45) is 3.97. The molecule has 3 rings (SSSR count). The van der Waals surface area contributed by atoms with Crippen molar-refractivity contribution >= 4 is 11.4 Å². The molecule has 1 N–H and O–H groups in total. The number of nitrogens with one attached hydrogen (secondary N) is 1. The van der Waals surface area contributed by atoms with Crippen LogP contribution >= 0.6 is 0 Å². The molecule has 0 unspecified atom stereocenters. The van der Waals surface area contributed by atoms with Crippen LogP contribution in [0, 0.1) is 12.7 Å². The van der Waals surface area contributed by atoms with Crippen molar-refractivity contribution in [2.75, 3.05) is 23.3 Å². The highest BCUT2D eigenvalue weighted by molar-refractivity contribution is 5.56. The average Bonchev–Trinajstić information content (AvgIpc) is 3.08. The number of hydrogen-bond donors (Lipinski definition) is 1. The summed E-state index contributed by atoms with van der Waals surface area (Å²) in [7, 11) is 0. The van der Waals surface area contributed by atoms with Crippen LogP contribution in [0.1, 0.15) is 24.2 Å². The molecule has 20 heavy (non-hydrogen) atoms. The first-order valence-corrected chi connectivity index (χ1v) is 7.05. The zero-order valence-electron chi connectivity index (χ0n) is 11.7. The molecule has 0 atom stereocenters. The predicted octanol–water partition coefficient (Wildman–Crippen LogP) is 3.94. The molecule has 0 saturated carbocycles. The van der Waals surface area contributed by atoms with E-state index < -0.39 is 0 Å². The van der Waals surface area contributed by atoms with Crippen molar-refractivity contribution in [1.29, 1.82) is 0 Å². The molecule has 1 fully saturated rings. The van der Waals surface area contributed by atoms with Crippen molar-refractivity contribution in [3.63, 3.8) is 0 Å². The van der Waals surface area contributed by atoms with E-state index in [2.05, 4.69) is 10.2 Å². The lowest BCUT2D eigenvalue weighted by atomic mass is 10.2. The van der Waals surface area contributed by atoms with Crippen molar-refractivity contribution in [2.24, 2.45) is 0 Å². The van der Waals surface area contributed by atoms with Crippen LogP contribution in [0.2, 0.25) is 0 Å². The quantitative estimate of drug-likeness (QED) is 0.915. The van der Waals surface area contributed by atoms with Crippen LogP contribution in [-0.2, 0) is 6.54 Å². The fourth-order valence-electron chi connectivity index (χ4n) is 2.60. The first-order chi connectivity index (χ1) is 9.74. The predicted molar refractivity (Wildman–Crippen MR) is 78.6 cm³/mol. The van der Waals surface area contributed by atoms with Gasteiger partial charge in [-0.3, -0.25) is 0 Å². The summed E-state index contributed by atoms with van der Waals surface area (Å²) in [5.41, 5.74) is 2.59. The molecule has 1 aromatic heterocycles. The molecule has 106 valence electrons. The number of rotatable bonds is 4. The number of hydrogen-bond acceptors (Lipinski definition) is 3. The Hall–Kier alpha value is -1.97. The molecular formula is C16H19FN2O. The van der Waals surface area contributed by atoms with Gasteiger partial charge in [0, 0.05) is 18.8 Å². The number of halogens is 1. The van der Waals surface area contributed by atoms with Crippen LogP contribution in [0.25, 0.3) is 0 Å². The summed E-state index contributed by atoms with van der Waals surface area (Å²) in [6.45, 7) is 4.48. The van der Waals surface area contributed by atoms with Crippen molar-refractivity contribution in [2.45, 2.75) is 26.3 Å². The standard InChI is InChI=1S/C16H19FN2O/c1-12-6-9-20-16(12)11-18-13-4-5-15(14(17)10-13)19-7-2-3-8-19/h4-6,9-10,18H,2-3,7-8,11H2,1H3. The van der Waals surface area contributed by atoms with Gasteiger partial charge in [-0.05, 0) is 49.6 Å². The van der Waals surface area contributed by atoms with Gasteiger partial charge < -0.3 is 14.6 Å². The maximum Gasteiger partial charge on any atom is 0.148 e. The highest BCUT2D eigenvalue weighted by atomic mass is 19.1. The fraction of sp³-hybridized carbons (Fsp3) is 0.375. The molecule has 2 aromatic rings. The summed E-state index contributed by atoms with van der Waals surface area (Å²) in [5, 5.41) is 3.19. The minimum atomic E-state index is -0.159. The number of furan rings is 1. The lowest BCUT2D eigenvalue weighted by Gasteiger charge is -2.19. The zero-order valence-corrected chi connectivity index (χ0v) is 11.7. The molecule has 1 aliphatic heterocycles. The summed E-state index contributed by atoms with van der Waals surface area (Å²) < 4.78 is 19.5. The summed E-state index contributed by atoms with van der Waals surface area (Å²) in [4.78, 5) is 2.11. The Kier molecular flexibility index (Phi) is 3.63. The van der Waals surface area contributed by atoms with Gasteiger partial charge in [0.15, 0.2) is 0 Å².